The summed E-state index contributed by atoms with van der Waals surface area (Å²) in [5.41, 5.74) is 15.1. The maximum Gasteiger partial charge on any atom is 0.251 e. The Morgan fingerprint density at radius 3 is 1.88 bits per heavy atom. The van der Waals surface area contributed by atoms with E-state index in [2.05, 4.69) is 26.4 Å². The predicted molar refractivity (Wildman–Crippen MR) is 133 cm³/mol. The molecule has 0 unspecified atom stereocenters. The van der Waals surface area contributed by atoms with Crippen LogP contribution in [0.4, 0.5) is 11.4 Å². The Labute approximate surface area is 203 Å². The van der Waals surface area contributed by atoms with Gasteiger partial charge in [-0.05, 0) is 36.4 Å². The Kier molecular flexibility index (Phi) is 13.5. The van der Waals surface area contributed by atoms with E-state index in [1.54, 1.807) is 48.5 Å². The minimum Gasteiger partial charge on any atom is -0.388 e. The van der Waals surface area contributed by atoms with Gasteiger partial charge in [0.05, 0.1) is 23.0 Å². The van der Waals surface area contributed by atoms with Crippen LogP contribution in [0.25, 0.3) is 0 Å². The van der Waals surface area contributed by atoms with Crippen LogP contribution in [0.15, 0.2) is 58.9 Å². The number of hydrogen-bond acceptors (Lipinski definition) is 6. The highest BCUT2D eigenvalue weighted by Gasteiger charge is 2.07. The number of anilines is 1. The van der Waals surface area contributed by atoms with Crippen molar-refractivity contribution in [2.24, 2.45) is 21.8 Å². The fraction of sp³-hybridized carbons (Fsp3) is 0.200. The largest absolute Gasteiger partial charge is 0.388 e. The molecular formula is C20H27Cl2N9O2. The molecule has 178 valence electrons. The number of nitrogens with zero attached hydrogens (tertiary/aromatic N) is 2. The first kappa shape index (κ1) is 29.3. The molecule has 0 saturated carbocycles. The van der Waals surface area contributed by atoms with Gasteiger partial charge in [-0.25, -0.2) is 0 Å². The van der Waals surface area contributed by atoms with Crippen LogP contribution in [-0.2, 0) is 0 Å². The van der Waals surface area contributed by atoms with Crippen molar-refractivity contribution in [2.45, 2.75) is 12.8 Å². The molecule has 2 aromatic carbocycles. The Morgan fingerprint density at radius 2 is 1.33 bits per heavy atom. The maximum atomic E-state index is 12.1. The summed E-state index contributed by atoms with van der Waals surface area (Å²) in [7, 11) is 0. The smallest absolute Gasteiger partial charge is 0.251 e. The van der Waals surface area contributed by atoms with Crippen molar-refractivity contribution in [2.75, 3.05) is 18.5 Å². The zero-order valence-electron chi connectivity index (χ0n) is 17.6. The quantitative estimate of drug-likeness (QED) is 0.109. The minimum atomic E-state index is -0.297. The van der Waals surface area contributed by atoms with Gasteiger partial charge in [0.25, 0.3) is 11.8 Å². The van der Waals surface area contributed by atoms with Gasteiger partial charge in [-0.2, -0.15) is 0 Å². The van der Waals surface area contributed by atoms with Crippen LogP contribution in [0.1, 0.15) is 33.6 Å². The number of amidine groups is 2. The highest BCUT2D eigenvalue weighted by Crippen LogP contribution is 2.16. The number of rotatable bonds is 11. The average Bonchev–Trinajstić information content (AvgIpc) is 2.73. The highest BCUT2D eigenvalue weighted by molar-refractivity contribution is 5.96. The summed E-state index contributed by atoms with van der Waals surface area (Å²) >= 11 is 0. The monoisotopic (exact) mass is 495 g/mol. The number of hydrogen-bond donors (Lipinski definition) is 7. The minimum absolute atomic E-state index is 0. The summed E-state index contributed by atoms with van der Waals surface area (Å²) in [6.45, 7) is 0.560. The van der Waals surface area contributed by atoms with E-state index >= 15 is 0 Å². The first-order chi connectivity index (χ1) is 14.8. The molecular weight excluding hydrogens is 469 g/mol. The van der Waals surface area contributed by atoms with Crippen LogP contribution < -0.4 is 27.5 Å². The third-order valence-electron chi connectivity index (χ3n) is 3.94. The number of benzene rings is 2. The zero-order chi connectivity index (χ0) is 22.6. The summed E-state index contributed by atoms with van der Waals surface area (Å²) < 4.78 is 0. The molecule has 0 aromatic heterocycles. The number of halogens is 2. The molecule has 0 aliphatic carbocycles. The van der Waals surface area contributed by atoms with E-state index in [0.717, 1.165) is 0 Å². The van der Waals surface area contributed by atoms with Crippen LogP contribution in [0.2, 0.25) is 0 Å². The summed E-state index contributed by atoms with van der Waals surface area (Å²) in [6.07, 6.45) is 0.564. The second-order valence-corrected chi connectivity index (χ2v) is 6.51. The molecule has 0 heterocycles. The SMILES string of the molecule is Cl.Cl.N=C(N)CCNC(=O)c1cccc(N=NNc2cccc(C(=O)NCCC(=N)N)c2)c1. The average molecular weight is 496 g/mol. The van der Waals surface area contributed by atoms with Crippen LogP contribution in [-0.4, -0.2) is 36.6 Å². The van der Waals surface area contributed by atoms with Crippen molar-refractivity contribution >= 4 is 59.7 Å². The van der Waals surface area contributed by atoms with E-state index in [1.165, 1.54) is 0 Å². The van der Waals surface area contributed by atoms with Gasteiger partial charge < -0.3 is 22.1 Å². The van der Waals surface area contributed by atoms with Crippen molar-refractivity contribution in [3.05, 3.63) is 59.7 Å². The van der Waals surface area contributed by atoms with Gasteiger partial charge in [0, 0.05) is 37.1 Å². The lowest BCUT2D eigenvalue weighted by molar-refractivity contribution is 0.0946. The molecule has 2 aromatic rings. The van der Waals surface area contributed by atoms with E-state index in [4.69, 9.17) is 22.3 Å². The van der Waals surface area contributed by atoms with Gasteiger partial charge in [0.15, 0.2) is 0 Å². The van der Waals surface area contributed by atoms with Gasteiger partial charge in [0.1, 0.15) is 0 Å². The molecule has 0 spiro atoms. The fourth-order valence-electron chi connectivity index (χ4n) is 2.41. The Hall–Kier alpha value is -3.70. The second-order valence-electron chi connectivity index (χ2n) is 6.51. The fourth-order valence-corrected chi connectivity index (χ4v) is 2.41. The number of nitrogens with one attached hydrogen (secondary N) is 5. The molecule has 11 nitrogen and oxygen atoms in total. The molecule has 33 heavy (non-hydrogen) atoms. The summed E-state index contributed by atoms with van der Waals surface area (Å²) in [4.78, 5) is 24.2. The zero-order valence-corrected chi connectivity index (χ0v) is 19.3. The Bertz CT molecular complexity index is 999. The van der Waals surface area contributed by atoms with Crippen molar-refractivity contribution < 1.29 is 9.59 Å². The lowest BCUT2D eigenvalue weighted by atomic mass is 10.2. The number of amides is 2. The molecule has 0 saturated heterocycles. The highest BCUT2D eigenvalue weighted by atomic mass is 35.5. The predicted octanol–water partition coefficient (Wildman–Crippen LogP) is 2.75. The van der Waals surface area contributed by atoms with Crippen LogP contribution >= 0.6 is 24.8 Å². The van der Waals surface area contributed by atoms with Crippen molar-refractivity contribution in [3.8, 4) is 0 Å². The summed E-state index contributed by atoms with van der Waals surface area (Å²) in [5.74, 6) is -0.569. The van der Waals surface area contributed by atoms with Crippen LogP contribution in [0.5, 0.6) is 0 Å². The van der Waals surface area contributed by atoms with Crippen LogP contribution in [0.3, 0.4) is 0 Å². The molecule has 0 radical (unpaired) electrons. The van der Waals surface area contributed by atoms with Crippen molar-refractivity contribution in [1.82, 2.24) is 10.6 Å². The lowest BCUT2D eigenvalue weighted by Crippen LogP contribution is -2.27. The lowest BCUT2D eigenvalue weighted by Gasteiger charge is -2.06. The molecule has 2 amide bonds. The third-order valence-corrected chi connectivity index (χ3v) is 3.94. The molecule has 13 heteroatoms. The molecule has 0 fully saturated rings. The molecule has 9 N–H and O–H groups in total. The van der Waals surface area contributed by atoms with Crippen LogP contribution in [0, 0.1) is 10.8 Å². The molecule has 0 aliphatic heterocycles. The molecule has 0 atom stereocenters. The third kappa shape index (κ3) is 10.9. The number of nitrogens with two attached hydrogens (primary N) is 2. The first-order valence-electron chi connectivity index (χ1n) is 9.44. The van der Waals surface area contributed by atoms with Gasteiger partial charge in [-0.3, -0.25) is 25.8 Å². The normalized spacial score (nSPS) is 9.82. The summed E-state index contributed by atoms with van der Waals surface area (Å²) in [5, 5.41) is 27.6. The maximum absolute atomic E-state index is 12.1. The Balaban J connectivity index is 0.00000512. The van der Waals surface area contributed by atoms with E-state index in [1.807, 2.05) is 0 Å². The van der Waals surface area contributed by atoms with Gasteiger partial charge in [-0.1, -0.05) is 17.4 Å². The van der Waals surface area contributed by atoms with Crippen molar-refractivity contribution in [1.29, 1.82) is 10.8 Å². The van der Waals surface area contributed by atoms with E-state index < -0.39 is 0 Å². The molecule has 0 aliphatic rings. The van der Waals surface area contributed by atoms with Gasteiger partial charge in [0.2, 0.25) is 0 Å². The van der Waals surface area contributed by atoms with E-state index in [9.17, 15) is 9.59 Å². The number of carbonyl (C=O) groups is 2. The van der Waals surface area contributed by atoms with E-state index in [-0.39, 0.29) is 74.2 Å². The topological polar surface area (TPSA) is 195 Å². The molecule has 2 rings (SSSR count). The standard InChI is InChI=1S/C20H25N9O2.2ClH/c21-17(22)7-9-25-19(30)13-3-1-5-15(11-13)27-29-28-16-6-2-4-14(12-16)20(31)26-10-8-18(23)24;;/h1-6,11-12H,7-10H2,(H3,21,22)(H3,23,24)(H,25,30)(H,26,31)(H,27,28);2*1H. The number of carbonyl (C=O) groups excluding carboxylic acids is 2. The molecule has 0 bridgehead atoms. The Morgan fingerprint density at radius 1 is 0.818 bits per heavy atom. The van der Waals surface area contributed by atoms with Gasteiger partial charge >= 0.3 is 0 Å². The van der Waals surface area contributed by atoms with E-state index in [0.29, 0.717) is 22.5 Å². The summed E-state index contributed by atoms with van der Waals surface area (Å²) in [6, 6.07) is 13.3. The van der Waals surface area contributed by atoms with Crippen molar-refractivity contribution in [3.63, 3.8) is 0 Å². The first-order valence-corrected chi connectivity index (χ1v) is 9.44. The van der Waals surface area contributed by atoms with Gasteiger partial charge in [-0.15, -0.1) is 29.9 Å². The second kappa shape index (κ2) is 15.2.